The summed E-state index contributed by atoms with van der Waals surface area (Å²) in [6.45, 7) is 1.92. The van der Waals surface area contributed by atoms with Crippen molar-refractivity contribution in [1.82, 2.24) is 0 Å². The molecule has 1 aliphatic rings. The first-order chi connectivity index (χ1) is 7.17. The van der Waals surface area contributed by atoms with Crippen LogP contribution >= 0.6 is 0 Å². The molecule has 0 heterocycles. The molecule has 86 valence electrons. The van der Waals surface area contributed by atoms with Gasteiger partial charge in [0.25, 0.3) is 0 Å². The molecule has 0 saturated heterocycles. The third-order valence-corrected chi connectivity index (χ3v) is 3.30. The fourth-order valence-electron chi connectivity index (χ4n) is 2.31. The number of aliphatic hydroxyl groups excluding tert-OH is 1. The summed E-state index contributed by atoms with van der Waals surface area (Å²) in [6, 6.07) is 0. The number of allylic oxidation sites excluding steroid dienone is 2. The first-order valence-corrected chi connectivity index (χ1v) is 5.55. The Morgan fingerprint density at radius 1 is 1.60 bits per heavy atom. The lowest BCUT2D eigenvalue weighted by molar-refractivity contribution is -0.163. The molecule has 0 aromatic rings. The molecule has 2 atom stereocenters. The first kappa shape index (κ1) is 12.2. The summed E-state index contributed by atoms with van der Waals surface area (Å²) in [5.41, 5.74) is -0.695. The summed E-state index contributed by atoms with van der Waals surface area (Å²) in [4.78, 5) is 11.8. The van der Waals surface area contributed by atoms with Crippen LogP contribution in [0.2, 0.25) is 0 Å². The lowest BCUT2D eigenvalue weighted by Gasteiger charge is -2.38. The van der Waals surface area contributed by atoms with E-state index in [1.807, 2.05) is 19.1 Å². The first-order valence-electron chi connectivity index (χ1n) is 5.55. The summed E-state index contributed by atoms with van der Waals surface area (Å²) in [7, 11) is 1.39. The third-order valence-electron chi connectivity index (χ3n) is 3.30. The smallest absolute Gasteiger partial charge is 0.314 e. The number of aliphatic hydroxyl groups is 1. The van der Waals surface area contributed by atoms with Gasteiger partial charge in [-0.25, -0.2) is 0 Å². The Hall–Kier alpha value is -0.830. The number of ether oxygens (including phenoxy) is 1. The van der Waals surface area contributed by atoms with Crippen LogP contribution in [0.15, 0.2) is 12.2 Å². The van der Waals surface area contributed by atoms with Crippen LogP contribution < -0.4 is 0 Å². The molecular weight excluding hydrogens is 192 g/mol. The van der Waals surface area contributed by atoms with Gasteiger partial charge < -0.3 is 9.84 Å². The van der Waals surface area contributed by atoms with Crippen molar-refractivity contribution >= 4 is 5.97 Å². The molecule has 0 aromatic heterocycles. The minimum Gasteiger partial charge on any atom is -0.469 e. The third kappa shape index (κ3) is 2.40. The average Bonchev–Trinajstić information content (AvgIpc) is 2.27. The zero-order valence-electron chi connectivity index (χ0n) is 9.53. The highest BCUT2D eigenvalue weighted by Crippen LogP contribution is 2.40. The fourth-order valence-corrected chi connectivity index (χ4v) is 2.31. The minimum atomic E-state index is -0.695. The van der Waals surface area contributed by atoms with Gasteiger partial charge in [-0.05, 0) is 26.2 Å². The molecule has 1 aliphatic carbocycles. The van der Waals surface area contributed by atoms with Gasteiger partial charge in [0.15, 0.2) is 0 Å². The largest absolute Gasteiger partial charge is 0.469 e. The number of methoxy groups -OCH3 is 1. The molecule has 3 nitrogen and oxygen atoms in total. The summed E-state index contributed by atoms with van der Waals surface area (Å²) in [6.07, 6.45) is 7.28. The molecule has 1 saturated carbocycles. The number of hydrogen-bond acceptors (Lipinski definition) is 3. The molecule has 3 heteroatoms. The van der Waals surface area contributed by atoms with Crippen molar-refractivity contribution in [2.45, 2.75) is 45.1 Å². The summed E-state index contributed by atoms with van der Waals surface area (Å²) < 4.78 is 4.83. The molecule has 1 N–H and O–H groups in total. The van der Waals surface area contributed by atoms with Crippen LogP contribution in [0.25, 0.3) is 0 Å². The maximum atomic E-state index is 11.8. The second-order valence-corrected chi connectivity index (χ2v) is 4.18. The van der Waals surface area contributed by atoms with Gasteiger partial charge in [0.1, 0.15) is 0 Å². The predicted octanol–water partition coefficient (Wildman–Crippen LogP) is 2.05. The van der Waals surface area contributed by atoms with Crippen molar-refractivity contribution in [3.8, 4) is 0 Å². The standard InChI is InChI=1S/C12H20O3/c1-3-4-8-12(11(14)15-2)9-6-5-7-10(12)13/h3-4,10,13H,5-9H2,1-2H3/b4-3+/t10-,12-/m0/s1. The van der Waals surface area contributed by atoms with Crippen molar-refractivity contribution in [2.75, 3.05) is 7.11 Å². The Balaban J connectivity index is 2.87. The highest BCUT2D eigenvalue weighted by molar-refractivity contribution is 5.78. The van der Waals surface area contributed by atoms with Crippen molar-refractivity contribution < 1.29 is 14.6 Å². The Bertz CT molecular complexity index is 247. The number of esters is 1. The monoisotopic (exact) mass is 212 g/mol. The summed E-state index contributed by atoms with van der Waals surface area (Å²) in [5.74, 6) is -0.271. The second kappa shape index (κ2) is 5.31. The fraction of sp³-hybridized carbons (Fsp3) is 0.750. The van der Waals surface area contributed by atoms with Crippen LogP contribution in [0.3, 0.4) is 0 Å². The van der Waals surface area contributed by atoms with E-state index in [1.54, 1.807) is 0 Å². The molecule has 0 aromatic carbocycles. The number of carbonyl (C=O) groups is 1. The maximum absolute atomic E-state index is 11.8. The van der Waals surface area contributed by atoms with Crippen LogP contribution in [0, 0.1) is 5.41 Å². The lowest BCUT2D eigenvalue weighted by Crippen LogP contribution is -2.45. The van der Waals surface area contributed by atoms with Crippen LogP contribution in [0.4, 0.5) is 0 Å². The maximum Gasteiger partial charge on any atom is 0.314 e. The molecule has 0 spiro atoms. The highest BCUT2D eigenvalue weighted by atomic mass is 16.5. The van der Waals surface area contributed by atoms with E-state index in [0.29, 0.717) is 12.8 Å². The Kier molecular flexibility index (Phi) is 4.33. The van der Waals surface area contributed by atoms with Gasteiger partial charge in [0, 0.05) is 0 Å². The molecule has 0 amide bonds. The molecule has 15 heavy (non-hydrogen) atoms. The van der Waals surface area contributed by atoms with Crippen molar-refractivity contribution in [3.63, 3.8) is 0 Å². The van der Waals surface area contributed by atoms with E-state index in [0.717, 1.165) is 19.3 Å². The number of carbonyl (C=O) groups excluding carboxylic acids is 1. The van der Waals surface area contributed by atoms with Crippen LogP contribution in [0.1, 0.15) is 39.0 Å². The van der Waals surface area contributed by atoms with Crippen LogP contribution in [-0.2, 0) is 9.53 Å². The number of rotatable bonds is 3. The Morgan fingerprint density at radius 2 is 2.33 bits per heavy atom. The van der Waals surface area contributed by atoms with Gasteiger partial charge in [0.2, 0.25) is 0 Å². The van der Waals surface area contributed by atoms with Crippen molar-refractivity contribution in [1.29, 1.82) is 0 Å². The topological polar surface area (TPSA) is 46.5 Å². The molecular formula is C12H20O3. The average molecular weight is 212 g/mol. The van der Waals surface area contributed by atoms with Crippen molar-refractivity contribution in [2.24, 2.45) is 5.41 Å². The zero-order valence-corrected chi connectivity index (χ0v) is 9.53. The van der Waals surface area contributed by atoms with E-state index >= 15 is 0 Å². The van der Waals surface area contributed by atoms with E-state index in [1.165, 1.54) is 7.11 Å². The quantitative estimate of drug-likeness (QED) is 0.575. The van der Waals surface area contributed by atoms with E-state index in [4.69, 9.17) is 4.74 Å². The molecule has 0 unspecified atom stereocenters. The van der Waals surface area contributed by atoms with Gasteiger partial charge in [-0.1, -0.05) is 25.0 Å². The van der Waals surface area contributed by atoms with Crippen molar-refractivity contribution in [3.05, 3.63) is 12.2 Å². The van der Waals surface area contributed by atoms with E-state index in [-0.39, 0.29) is 5.97 Å². The SMILES string of the molecule is C/C=C/C[C@]1(C(=O)OC)CCCC[C@@H]1O. The molecule has 1 fully saturated rings. The zero-order chi connectivity index (χ0) is 11.3. The summed E-state index contributed by atoms with van der Waals surface area (Å²) in [5, 5.41) is 10.0. The van der Waals surface area contributed by atoms with E-state index in [2.05, 4.69) is 0 Å². The van der Waals surface area contributed by atoms with E-state index < -0.39 is 11.5 Å². The summed E-state index contributed by atoms with van der Waals surface area (Å²) >= 11 is 0. The van der Waals surface area contributed by atoms with Gasteiger partial charge in [-0.2, -0.15) is 0 Å². The molecule has 0 radical (unpaired) electrons. The minimum absolute atomic E-state index is 0.271. The van der Waals surface area contributed by atoms with Crippen LogP contribution in [-0.4, -0.2) is 24.3 Å². The predicted molar refractivity (Wildman–Crippen MR) is 58.4 cm³/mol. The van der Waals surface area contributed by atoms with Gasteiger partial charge in [-0.3, -0.25) is 4.79 Å². The van der Waals surface area contributed by atoms with Gasteiger partial charge in [-0.15, -0.1) is 0 Å². The Morgan fingerprint density at radius 3 is 2.87 bits per heavy atom. The molecule has 0 bridgehead atoms. The van der Waals surface area contributed by atoms with E-state index in [9.17, 15) is 9.90 Å². The lowest BCUT2D eigenvalue weighted by atomic mass is 9.69. The van der Waals surface area contributed by atoms with Crippen LogP contribution in [0.5, 0.6) is 0 Å². The number of hydrogen-bond donors (Lipinski definition) is 1. The Labute approximate surface area is 91.1 Å². The van der Waals surface area contributed by atoms with Gasteiger partial charge >= 0.3 is 5.97 Å². The highest BCUT2D eigenvalue weighted by Gasteiger charge is 2.46. The molecule has 0 aliphatic heterocycles. The normalized spacial score (nSPS) is 31.8. The van der Waals surface area contributed by atoms with Gasteiger partial charge in [0.05, 0.1) is 18.6 Å². The molecule has 1 rings (SSSR count). The second-order valence-electron chi connectivity index (χ2n) is 4.18.